The Balaban J connectivity index is 1.85. The second kappa shape index (κ2) is 5.52. The number of hydrogen-bond donors (Lipinski definition) is 1. The lowest BCUT2D eigenvalue weighted by Crippen LogP contribution is -2.47. The fourth-order valence-corrected chi connectivity index (χ4v) is 4.51. The molecular weight excluding hydrogens is 281 g/mol. The van der Waals surface area contributed by atoms with E-state index in [0.717, 1.165) is 5.56 Å². The average molecular weight is 299 g/mol. The van der Waals surface area contributed by atoms with E-state index in [2.05, 4.69) is 5.32 Å². The van der Waals surface area contributed by atoms with Crippen LogP contribution in [0.1, 0.15) is 25.3 Å². The third-order valence-electron chi connectivity index (χ3n) is 3.50. The van der Waals surface area contributed by atoms with Gasteiger partial charge in [-0.25, -0.2) is 12.8 Å². The van der Waals surface area contributed by atoms with Gasteiger partial charge in [-0.05, 0) is 37.5 Å². The normalized spacial score (nSPS) is 24.5. The van der Waals surface area contributed by atoms with Crippen molar-refractivity contribution in [3.05, 3.63) is 35.6 Å². The van der Waals surface area contributed by atoms with Crippen molar-refractivity contribution in [1.29, 1.82) is 0 Å². The maximum atomic E-state index is 12.7. The number of carbonyl (C=O) groups excluding carboxylic acids is 1. The molecule has 2 rings (SSSR count). The molecule has 1 amide bonds. The van der Waals surface area contributed by atoms with Crippen molar-refractivity contribution in [1.82, 2.24) is 5.32 Å². The molecule has 0 aromatic heterocycles. The van der Waals surface area contributed by atoms with Gasteiger partial charge in [-0.2, -0.15) is 0 Å². The molecule has 1 atom stereocenters. The van der Waals surface area contributed by atoms with E-state index >= 15 is 0 Å². The monoisotopic (exact) mass is 299 g/mol. The quantitative estimate of drug-likeness (QED) is 0.915. The van der Waals surface area contributed by atoms with Crippen molar-refractivity contribution in [2.75, 3.05) is 11.5 Å². The van der Waals surface area contributed by atoms with Gasteiger partial charge in [0, 0.05) is 6.42 Å². The molecule has 1 aliphatic rings. The summed E-state index contributed by atoms with van der Waals surface area (Å²) in [6, 6.07) is 6.00. The van der Waals surface area contributed by atoms with Gasteiger partial charge in [0.05, 0.1) is 17.0 Å². The van der Waals surface area contributed by atoms with Crippen molar-refractivity contribution in [3.63, 3.8) is 0 Å². The van der Waals surface area contributed by atoms with Crippen LogP contribution < -0.4 is 5.32 Å². The molecule has 1 heterocycles. The van der Waals surface area contributed by atoms with E-state index in [1.54, 1.807) is 19.1 Å². The zero-order valence-electron chi connectivity index (χ0n) is 11.4. The smallest absolute Gasteiger partial charge is 0.220 e. The predicted octanol–water partition coefficient (Wildman–Crippen LogP) is 1.45. The lowest BCUT2D eigenvalue weighted by molar-refractivity contribution is -0.122. The van der Waals surface area contributed by atoms with Crippen LogP contribution in [0.25, 0.3) is 0 Å². The zero-order valence-corrected chi connectivity index (χ0v) is 12.2. The third kappa shape index (κ3) is 4.03. The molecule has 1 saturated heterocycles. The van der Waals surface area contributed by atoms with E-state index < -0.39 is 15.4 Å². The number of sulfone groups is 1. The summed E-state index contributed by atoms with van der Waals surface area (Å²) in [5, 5.41) is 2.80. The number of aryl methyl sites for hydroxylation is 1. The first-order valence-electron chi connectivity index (χ1n) is 6.54. The molecule has 0 radical (unpaired) electrons. The van der Waals surface area contributed by atoms with E-state index in [0.29, 0.717) is 12.8 Å². The van der Waals surface area contributed by atoms with Crippen LogP contribution in [0.15, 0.2) is 24.3 Å². The van der Waals surface area contributed by atoms with Gasteiger partial charge in [0.2, 0.25) is 5.91 Å². The van der Waals surface area contributed by atoms with E-state index in [9.17, 15) is 17.6 Å². The Morgan fingerprint density at radius 3 is 2.55 bits per heavy atom. The first-order valence-corrected chi connectivity index (χ1v) is 8.36. The SMILES string of the molecule is CC1(NC(=O)CCc2ccc(F)cc2)CCS(=O)(=O)C1. The van der Waals surface area contributed by atoms with Crippen LogP contribution >= 0.6 is 0 Å². The maximum absolute atomic E-state index is 12.7. The molecule has 20 heavy (non-hydrogen) atoms. The van der Waals surface area contributed by atoms with E-state index in [1.165, 1.54) is 12.1 Å². The largest absolute Gasteiger partial charge is 0.350 e. The summed E-state index contributed by atoms with van der Waals surface area (Å²) in [7, 11) is -3.03. The second-order valence-corrected chi connectivity index (χ2v) is 7.76. The highest BCUT2D eigenvalue weighted by Crippen LogP contribution is 2.22. The topological polar surface area (TPSA) is 63.2 Å². The summed E-state index contributed by atoms with van der Waals surface area (Å²) in [4.78, 5) is 11.9. The zero-order chi connectivity index (χ0) is 14.8. The molecule has 110 valence electrons. The average Bonchev–Trinajstić information content (AvgIpc) is 2.62. The number of halogens is 1. The van der Waals surface area contributed by atoms with Gasteiger partial charge in [0.15, 0.2) is 9.84 Å². The molecule has 0 aliphatic carbocycles. The Morgan fingerprint density at radius 2 is 2.00 bits per heavy atom. The standard InChI is InChI=1S/C14H18FNO3S/c1-14(8-9-20(18,19)10-14)16-13(17)7-4-11-2-5-12(15)6-3-11/h2-3,5-6H,4,7-10H2,1H3,(H,16,17). The Labute approximate surface area is 118 Å². The van der Waals surface area contributed by atoms with Crippen LogP contribution in [0.5, 0.6) is 0 Å². The van der Waals surface area contributed by atoms with Crippen LogP contribution in [-0.2, 0) is 21.1 Å². The minimum Gasteiger partial charge on any atom is -0.350 e. The molecule has 1 N–H and O–H groups in total. The first-order chi connectivity index (χ1) is 9.28. The minimum absolute atomic E-state index is 0.00227. The highest BCUT2D eigenvalue weighted by Gasteiger charge is 2.39. The Hall–Kier alpha value is -1.43. The van der Waals surface area contributed by atoms with E-state index in [4.69, 9.17) is 0 Å². The van der Waals surface area contributed by atoms with Crippen molar-refractivity contribution < 1.29 is 17.6 Å². The molecule has 0 saturated carbocycles. The van der Waals surface area contributed by atoms with Crippen LogP contribution in [0.2, 0.25) is 0 Å². The minimum atomic E-state index is -3.03. The summed E-state index contributed by atoms with van der Waals surface area (Å²) in [5.74, 6) is -0.347. The van der Waals surface area contributed by atoms with Gasteiger partial charge < -0.3 is 5.32 Å². The lowest BCUT2D eigenvalue weighted by atomic mass is 10.0. The third-order valence-corrected chi connectivity index (χ3v) is 5.40. The van der Waals surface area contributed by atoms with Crippen molar-refractivity contribution in [3.8, 4) is 0 Å². The van der Waals surface area contributed by atoms with Gasteiger partial charge >= 0.3 is 0 Å². The number of hydrogen-bond acceptors (Lipinski definition) is 3. The summed E-state index contributed by atoms with van der Waals surface area (Å²) in [6.07, 6.45) is 1.23. The van der Waals surface area contributed by atoms with Crippen molar-refractivity contribution in [2.24, 2.45) is 0 Å². The summed E-state index contributed by atoms with van der Waals surface area (Å²) >= 11 is 0. The van der Waals surface area contributed by atoms with Crippen LogP contribution in [0.3, 0.4) is 0 Å². The molecule has 0 spiro atoms. The number of amides is 1. The molecule has 1 aromatic rings. The van der Waals surface area contributed by atoms with Crippen molar-refractivity contribution >= 4 is 15.7 Å². The van der Waals surface area contributed by atoms with Crippen LogP contribution in [-0.4, -0.2) is 31.4 Å². The summed E-state index contributed by atoms with van der Waals surface area (Å²) < 4.78 is 35.6. The van der Waals surface area contributed by atoms with Gasteiger partial charge in [-0.1, -0.05) is 12.1 Å². The van der Waals surface area contributed by atoms with Crippen molar-refractivity contribution in [2.45, 2.75) is 31.7 Å². The Morgan fingerprint density at radius 1 is 1.35 bits per heavy atom. The fraction of sp³-hybridized carbons (Fsp3) is 0.500. The second-order valence-electron chi connectivity index (χ2n) is 5.58. The molecule has 1 aliphatic heterocycles. The Bertz CT molecular complexity index is 597. The first kappa shape index (κ1) is 15.0. The van der Waals surface area contributed by atoms with E-state index in [1.807, 2.05) is 0 Å². The molecule has 4 nitrogen and oxygen atoms in total. The predicted molar refractivity (Wildman–Crippen MR) is 74.5 cm³/mol. The van der Waals surface area contributed by atoms with Gasteiger partial charge in [-0.15, -0.1) is 0 Å². The van der Waals surface area contributed by atoms with Gasteiger partial charge in [0.1, 0.15) is 5.82 Å². The fourth-order valence-electron chi connectivity index (χ4n) is 2.42. The highest BCUT2D eigenvalue weighted by atomic mass is 32.2. The molecular formula is C14H18FNO3S. The maximum Gasteiger partial charge on any atom is 0.220 e. The number of rotatable bonds is 4. The summed E-state index contributed by atoms with van der Waals surface area (Å²) in [5.41, 5.74) is 0.226. The van der Waals surface area contributed by atoms with E-state index in [-0.39, 0.29) is 29.7 Å². The number of carbonyl (C=O) groups is 1. The molecule has 6 heteroatoms. The van der Waals surface area contributed by atoms with Crippen LogP contribution in [0.4, 0.5) is 4.39 Å². The van der Waals surface area contributed by atoms with Gasteiger partial charge in [-0.3, -0.25) is 4.79 Å². The van der Waals surface area contributed by atoms with Gasteiger partial charge in [0.25, 0.3) is 0 Å². The lowest BCUT2D eigenvalue weighted by Gasteiger charge is -2.23. The molecule has 1 unspecified atom stereocenters. The highest BCUT2D eigenvalue weighted by molar-refractivity contribution is 7.91. The molecule has 0 bridgehead atoms. The van der Waals surface area contributed by atoms with Crippen LogP contribution in [0, 0.1) is 5.82 Å². The number of benzene rings is 1. The molecule has 1 aromatic carbocycles. The molecule has 1 fully saturated rings. The Kier molecular flexibility index (Phi) is 4.13. The summed E-state index contributed by atoms with van der Waals surface area (Å²) in [6.45, 7) is 1.76. The number of nitrogens with one attached hydrogen (secondary N) is 1.